The Balaban J connectivity index is 2.15. The number of hydrogen-bond donors (Lipinski definition) is 0. The molecule has 0 aromatic carbocycles. The van der Waals surface area contributed by atoms with E-state index in [-0.39, 0.29) is 0 Å². The van der Waals surface area contributed by atoms with Crippen molar-refractivity contribution in [1.29, 1.82) is 0 Å². The third-order valence-electron chi connectivity index (χ3n) is 4.95. The zero-order valence-electron chi connectivity index (χ0n) is 10.6. The van der Waals surface area contributed by atoms with Gasteiger partial charge in [0.25, 0.3) is 0 Å². The summed E-state index contributed by atoms with van der Waals surface area (Å²) in [4.78, 5) is 2.74. The molecule has 2 fully saturated rings. The van der Waals surface area contributed by atoms with E-state index >= 15 is 0 Å². The fraction of sp³-hybridized carbons (Fsp3) is 0.857. The maximum Gasteiger partial charge on any atom is 0.0212 e. The molecule has 0 radical (unpaired) electrons. The van der Waals surface area contributed by atoms with Gasteiger partial charge >= 0.3 is 0 Å². The molecule has 1 heteroatoms. The van der Waals surface area contributed by atoms with Crippen LogP contribution in [-0.2, 0) is 0 Å². The monoisotopic (exact) mass is 207 g/mol. The number of hydrogen-bond acceptors (Lipinski definition) is 1. The second kappa shape index (κ2) is 3.93. The normalized spacial score (nSPS) is 42.3. The molecule has 0 aliphatic carbocycles. The first-order valence-corrected chi connectivity index (χ1v) is 6.44. The van der Waals surface area contributed by atoms with Gasteiger partial charge in [0.1, 0.15) is 0 Å². The molecule has 1 nitrogen and oxygen atoms in total. The van der Waals surface area contributed by atoms with E-state index in [1.165, 1.54) is 44.3 Å². The van der Waals surface area contributed by atoms with Crippen LogP contribution in [0.4, 0.5) is 0 Å². The summed E-state index contributed by atoms with van der Waals surface area (Å²) in [6, 6.07) is 0. The Morgan fingerprint density at radius 2 is 2.07 bits per heavy atom. The molecule has 2 rings (SSSR count). The topological polar surface area (TPSA) is 3.24 Å². The third-order valence-corrected chi connectivity index (χ3v) is 4.95. The van der Waals surface area contributed by atoms with Crippen molar-refractivity contribution in [2.75, 3.05) is 13.1 Å². The van der Waals surface area contributed by atoms with Gasteiger partial charge in [0.05, 0.1) is 0 Å². The molecule has 0 saturated carbocycles. The Morgan fingerprint density at radius 3 is 2.73 bits per heavy atom. The lowest BCUT2D eigenvalue weighted by Crippen LogP contribution is -2.58. The van der Waals surface area contributed by atoms with Crippen LogP contribution in [-0.4, -0.2) is 23.5 Å². The zero-order valence-corrected chi connectivity index (χ0v) is 10.6. The molecule has 0 unspecified atom stereocenters. The summed E-state index contributed by atoms with van der Waals surface area (Å²) in [6.45, 7) is 13.9. The van der Waals surface area contributed by atoms with Crippen molar-refractivity contribution in [2.45, 2.75) is 52.0 Å². The minimum Gasteiger partial charge on any atom is -0.298 e. The van der Waals surface area contributed by atoms with Gasteiger partial charge in [-0.1, -0.05) is 19.1 Å². The highest BCUT2D eigenvalue weighted by Gasteiger charge is 2.44. The molecule has 2 heterocycles. The summed E-state index contributed by atoms with van der Waals surface area (Å²) >= 11 is 0. The molecule has 0 aromatic heterocycles. The van der Waals surface area contributed by atoms with Crippen LogP contribution in [0.1, 0.15) is 46.5 Å². The van der Waals surface area contributed by atoms with Crippen LogP contribution in [0.5, 0.6) is 0 Å². The lowest BCUT2D eigenvalue weighted by atomic mass is 9.69. The van der Waals surface area contributed by atoms with Crippen molar-refractivity contribution < 1.29 is 0 Å². The minimum absolute atomic E-state index is 0.458. The molecule has 2 aliphatic rings. The predicted molar refractivity (Wildman–Crippen MR) is 65.9 cm³/mol. The maximum atomic E-state index is 4.15. The van der Waals surface area contributed by atoms with Crippen LogP contribution in [0.25, 0.3) is 0 Å². The highest BCUT2D eigenvalue weighted by atomic mass is 15.2. The number of allylic oxidation sites excluding steroid dienone is 1. The van der Waals surface area contributed by atoms with Gasteiger partial charge in [0, 0.05) is 5.54 Å². The second-order valence-corrected chi connectivity index (χ2v) is 5.92. The Labute approximate surface area is 94.5 Å². The predicted octanol–water partition coefficient (Wildman–Crippen LogP) is 3.46. The van der Waals surface area contributed by atoms with Crippen molar-refractivity contribution in [2.24, 2.45) is 11.8 Å². The fourth-order valence-corrected chi connectivity index (χ4v) is 3.50. The molecule has 15 heavy (non-hydrogen) atoms. The lowest BCUT2D eigenvalue weighted by Gasteiger charge is -2.54. The lowest BCUT2D eigenvalue weighted by molar-refractivity contribution is -0.0292. The van der Waals surface area contributed by atoms with E-state index in [4.69, 9.17) is 0 Å². The van der Waals surface area contributed by atoms with Crippen molar-refractivity contribution in [3.8, 4) is 0 Å². The third kappa shape index (κ3) is 1.87. The summed E-state index contributed by atoms with van der Waals surface area (Å²) < 4.78 is 0. The van der Waals surface area contributed by atoms with Crippen LogP contribution in [0.15, 0.2) is 12.2 Å². The first-order valence-electron chi connectivity index (χ1n) is 6.44. The molecular weight excluding hydrogens is 182 g/mol. The highest BCUT2D eigenvalue weighted by Crippen LogP contribution is 2.43. The number of piperidine rings is 2. The van der Waals surface area contributed by atoms with Gasteiger partial charge in [-0.15, -0.1) is 0 Å². The van der Waals surface area contributed by atoms with Crippen molar-refractivity contribution in [3.63, 3.8) is 0 Å². The van der Waals surface area contributed by atoms with Crippen LogP contribution < -0.4 is 0 Å². The second-order valence-electron chi connectivity index (χ2n) is 5.92. The van der Waals surface area contributed by atoms with E-state index < -0.39 is 0 Å². The SMILES string of the molecule is C=C(C)[C@@H]1CCN2CCC[C@@H](C)[C@]2(C)C1. The van der Waals surface area contributed by atoms with Crippen molar-refractivity contribution in [3.05, 3.63) is 12.2 Å². The van der Waals surface area contributed by atoms with Gasteiger partial charge in [0.15, 0.2) is 0 Å². The van der Waals surface area contributed by atoms with E-state index in [0.717, 1.165) is 11.8 Å². The molecule has 0 amide bonds. The van der Waals surface area contributed by atoms with E-state index in [2.05, 4.69) is 32.3 Å². The van der Waals surface area contributed by atoms with E-state index in [1.807, 2.05) is 0 Å². The van der Waals surface area contributed by atoms with E-state index in [1.54, 1.807) is 0 Å². The average molecular weight is 207 g/mol. The highest BCUT2D eigenvalue weighted by molar-refractivity contribution is 5.07. The van der Waals surface area contributed by atoms with Crippen LogP contribution in [0, 0.1) is 11.8 Å². The van der Waals surface area contributed by atoms with Crippen molar-refractivity contribution >= 4 is 0 Å². The Kier molecular flexibility index (Phi) is 2.94. The summed E-state index contributed by atoms with van der Waals surface area (Å²) in [6.07, 6.45) is 5.48. The van der Waals surface area contributed by atoms with E-state index in [9.17, 15) is 0 Å². The maximum absolute atomic E-state index is 4.15. The van der Waals surface area contributed by atoms with Gasteiger partial charge < -0.3 is 0 Å². The standard InChI is InChI=1S/C14H25N/c1-11(2)13-7-9-15-8-5-6-12(3)14(15,4)10-13/h12-13H,1,5-10H2,2-4H3/t12-,13-,14+/m1/s1. The first kappa shape index (κ1) is 11.2. The molecule has 86 valence electrons. The summed E-state index contributed by atoms with van der Waals surface area (Å²) in [5.41, 5.74) is 1.86. The number of nitrogens with zero attached hydrogens (tertiary/aromatic N) is 1. The van der Waals surface area contributed by atoms with E-state index in [0.29, 0.717) is 5.54 Å². The smallest absolute Gasteiger partial charge is 0.0212 e. The number of fused-ring (bicyclic) bond motifs is 1. The molecule has 0 aromatic rings. The summed E-state index contributed by atoms with van der Waals surface area (Å²) in [5, 5.41) is 0. The summed E-state index contributed by atoms with van der Waals surface area (Å²) in [5.74, 6) is 1.63. The largest absolute Gasteiger partial charge is 0.298 e. The Hall–Kier alpha value is -0.300. The molecule has 3 atom stereocenters. The number of rotatable bonds is 1. The van der Waals surface area contributed by atoms with Gasteiger partial charge in [-0.25, -0.2) is 0 Å². The molecule has 0 spiro atoms. The van der Waals surface area contributed by atoms with Crippen molar-refractivity contribution in [1.82, 2.24) is 4.90 Å². The molecule has 2 aliphatic heterocycles. The van der Waals surface area contributed by atoms with Gasteiger partial charge in [-0.05, 0) is 64.5 Å². The Morgan fingerprint density at radius 1 is 1.33 bits per heavy atom. The van der Waals surface area contributed by atoms with Gasteiger partial charge in [-0.2, -0.15) is 0 Å². The Bertz CT molecular complexity index is 258. The fourth-order valence-electron chi connectivity index (χ4n) is 3.50. The average Bonchev–Trinajstić information content (AvgIpc) is 2.19. The first-order chi connectivity index (χ1) is 7.04. The quantitative estimate of drug-likeness (QED) is 0.595. The molecule has 2 saturated heterocycles. The van der Waals surface area contributed by atoms with Crippen LogP contribution in [0.3, 0.4) is 0 Å². The zero-order chi connectivity index (χ0) is 11.1. The van der Waals surface area contributed by atoms with Crippen LogP contribution >= 0.6 is 0 Å². The molecule has 0 N–H and O–H groups in total. The minimum atomic E-state index is 0.458. The van der Waals surface area contributed by atoms with Gasteiger partial charge in [-0.3, -0.25) is 4.90 Å². The van der Waals surface area contributed by atoms with Crippen LogP contribution in [0.2, 0.25) is 0 Å². The molecule has 0 bridgehead atoms. The van der Waals surface area contributed by atoms with Gasteiger partial charge in [0.2, 0.25) is 0 Å². The summed E-state index contributed by atoms with van der Waals surface area (Å²) in [7, 11) is 0. The molecular formula is C14H25N.